The highest BCUT2D eigenvalue weighted by Crippen LogP contribution is 2.04. The summed E-state index contributed by atoms with van der Waals surface area (Å²) in [4.78, 5) is 70.6. The number of aliphatic carboxylic acids is 2. The quantitative estimate of drug-likeness (QED) is 0.0430. The van der Waals surface area contributed by atoms with E-state index in [4.69, 9.17) is 22.3 Å². The average molecular weight is 530 g/mol. The van der Waals surface area contributed by atoms with Gasteiger partial charge in [-0.25, -0.2) is 9.78 Å². The number of carbonyl (C=O) groups is 5. The molecule has 200 valence electrons. The van der Waals surface area contributed by atoms with Gasteiger partial charge in [-0.2, -0.15) is 12.6 Å². The Labute approximate surface area is 211 Å². The molecular formula is C19H31N9O7S. The molecule has 1 rings (SSSR count). The molecule has 0 saturated heterocycles. The molecule has 0 aromatic carbocycles. The first kappa shape index (κ1) is 30.2. The highest BCUT2D eigenvalue weighted by molar-refractivity contribution is 7.80. The minimum atomic E-state index is -1.73. The Hall–Kier alpha value is -3.86. The summed E-state index contributed by atoms with van der Waals surface area (Å²) in [5.41, 5.74) is 16.7. The maximum absolute atomic E-state index is 12.8. The number of hydrogen-bond donors (Lipinski definition) is 10. The molecule has 0 spiro atoms. The van der Waals surface area contributed by atoms with Gasteiger partial charge in [-0.1, -0.05) is 0 Å². The number of carboxylic acid groups (broad SMARTS) is 2. The first-order valence-corrected chi connectivity index (χ1v) is 11.3. The molecule has 0 aliphatic heterocycles. The second-order valence-electron chi connectivity index (χ2n) is 7.64. The van der Waals surface area contributed by atoms with Crippen molar-refractivity contribution in [1.82, 2.24) is 25.9 Å². The number of aromatic amines is 1. The lowest BCUT2D eigenvalue weighted by atomic mass is 10.1. The predicted molar refractivity (Wildman–Crippen MR) is 130 cm³/mol. The number of amides is 3. The van der Waals surface area contributed by atoms with Crippen LogP contribution in [0.15, 0.2) is 17.5 Å². The number of thiol groups is 1. The number of H-pyrrole nitrogens is 1. The first-order valence-electron chi connectivity index (χ1n) is 10.7. The van der Waals surface area contributed by atoms with Gasteiger partial charge in [0.1, 0.15) is 18.1 Å². The summed E-state index contributed by atoms with van der Waals surface area (Å²) in [6, 6.07) is -5.21. The summed E-state index contributed by atoms with van der Waals surface area (Å²) in [6.07, 6.45) is 2.36. The van der Waals surface area contributed by atoms with E-state index in [9.17, 15) is 29.1 Å². The maximum atomic E-state index is 12.8. The van der Waals surface area contributed by atoms with E-state index in [1.165, 1.54) is 12.5 Å². The fourth-order valence-corrected chi connectivity index (χ4v) is 3.13. The van der Waals surface area contributed by atoms with Gasteiger partial charge in [0, 0.05) is 30.6 Å². The molecule has 1 aromatic rings. The number of imidazole rings is 1. The van der Waals surface area contributed by atoms with Crippen LogP contribution in [0.2, 0.25) is 0 Å². The van der Waals surface area contributed by atoms with Gasteiger partial charge >= 0.3 is 11.9 Å². The number of hydrogen-bond acceptors (Lipinski definition) is 9. The van der Waals surface area contributed by atoms with Crippen LogP contribution in [0.3, 0.4) is 0 Å². The van der Waals surface area contributed by atoms with E-state index in [2.05, 4.69) is 43.5 Å². The molecule has 36 heavy (non-hydrogen) atoms. The van der Waals surface area contributed by atoms with Gasteiger partial charge in [0.25, 0.3) is 0 Å². The van der Waals surface area contributed by atoms with Crippen molar-refractivity contribution in [2.45, 2.75) is 49.9 Å². The first-order chi connectivity index (χ1) is 16.9. The zero-order chi connectivity index (χ0) is 27.3. The Morgan fingerprint density at radius 2 is 1.64 bits per heavy atom. The van der Waals surface area contributed by atoms with E-state index >= 15 is 0 Å². The molecule has 1 heterocycles. The van der Waals surface area contributed by atoms with Gasteiger partial charge in [0.05, 0.1) is 18.8 Å². The molecule has 1 aromatic heterocycles. The Morgan fingerprint density at radius 3 is 2.17 bits per heavy atom. The number of nitrogens with zero attached hydrogens (tertiary/aromatic N) is 2. The summed E-state index contributed by atoms with van der Waals surface area (Å²) in [5, 5.41) is 25.1. The number of nitrogens with one attached hydrogen (secondary N) is 4. The molecule has 0 bridgehead atoms. The largest absolute Gasteiger partial charge is 0.481 e. The minimum Gasteiger partial charge on any atom is -0.481 e. The van der Waals surface area contributed by atoms with E-state index in [-0.39, 0.29) is 31.1 Å². The lowest BCUT2D eigenvalue weighted by molar-refractivity contribution is -0.147. The van der Waals surface area contributed by atoms with Crippen molar-refractivity contribution in [3.63, 3.8) is 0 Å². The molecule has 3 amide bonds. The van der Waals surface area contributed by atoms with Crippen LogP contribution in [0.5, 0.6) is 0 Å². The Balaban J connectivity index is 2.87. The number of aromatic nitrogens is 2. The van der Waals surface area contributed by atoms with Gasteiger partial charge in [0.2, 0.25) is 17.7 Å². The smallest absolute Gasteiger partial charge is 0.326 e. The fourth-order valence-electron chi connectivity index (χ4n) is 2.87. The molecule has 0 aliphatic carbocycles. The standard InChI is InChI=1S/C19H31N9O7S/c20-10(2-1-3-24-19(21)22)15(31)28-13(7-36)17(33)26-11(4-9-6-23-8-25-9)16(32)27-12(18(34)35)5-14(29)30/h6,8,10-13,36H,1-5,7,20H2,(H,23,25)(H,26,33)(H,27,32)(H,28,31)(H,29,30)(H,34,35)(H4,21,22,24). The third-order valence-electron chi connectivity index (χ3n) is 4.73. The zero-order valence-corrected chi connectivity index (χ0v) is 20.1. The molecule has 17 heteroatoms. The second kappa shape index (κ2) is 15.2. The van der Waals surface area contributed by atoms with Crippen LogP contribution >= 0.6 is 12.6 Å². The van der Waals surface area contributed by atoms with Crippen LogP contribution in [-0.2, 0) is 30.4 Å². The van der Waals surface area contributed by atoms with E-state index in [0.29, 0.717) is 12.1 Å². The summed E-state index contributed by atoms with van der Waals surface area (Å²) in [5.74, 6) is -5.63. The summed E-state index contributed by atoms with van der Waals surface area (Å²) < 4.78 is 0. The molecular weight excluding hydrogens is 498 g/mol. The minimum absolute atomic E-state index is 0.0915. The van der Waals surface area contributed by atoms with Crippen molar-refractivity contribution in [3.05, 3.63) is 18.2 Å². The van der Waals surface area contributed by atoms with Gasteiger partial charge in [0.15, 0.2) is 5.96 Å². The van der Waals surface area contributed by atoms with E-state index in [0.717, 1.165) is 0 Å². The number of carboxylic acids is 2. The van der Waals surface area contributed by atoms with Crippen LogP contribution in [-0.4, -0.2) is 92.3 Å². The van der Waals surface area contributed by atoms with Crippen LogP contribution in [0, 0.1) is 0 Å². The van der Waals surface area contributed by atoms with Gasteiger partial charge in [-0.3, -0.25) is 24.2 Å². The van der Waals surface area contributed by atoms with Crippen molar-refractivity contribution in [2.24, 2.45) is 22.2 Å². The lowest BCUT2D eigenvalue weighted by Crippen LogP contribution is -2.58. The molecule has 16 nitrogen and oxygen atoms in total. The topological polar surface area (TPSA) is 281 Å². The zero-order valence-electron chi connectivity index (χ0n) is 19.2. The van der Waals surface area contributed by atoms with Gasteiger partial charge in [-0.15, -0.1) is 0 Å². The molecule has 12 N–H and O–H groups in total. The molecule has 0 aliphatic rings. The van der Waals surface area contributed by atoms with Crippen molar-refractivity contribution < 1.29 is 34.2 Å². The van der Waals surface area contributed by atoms with Crippen molar-refractivity contribution >= 4 is 48.2 Å². The highest BCUT2D eigenvalue weighted by atomic mass is 32.1. The number of aliphatic imine (C=N–C) groups is 1. The third-order valence-corrected chi connectivity index (χ3v) is 5.09. The van der Waals surface area contributed by atoms with Crippen molar-refractivity contribution in [3.8, 4) is 0 Å². The van der Waals surface area contributed by atoms with E-state index in [1.807, 2.05) is 0 Å². The molecule has 4 unspecified atom stereocenters. The Kier molecular flexibility index (Phi) is 12.7. The van der Waals surface area contributed by atoms with Crippen LogP contribution < -0.4 is 33.2 Å². The second-order valence-corrected chi connectivity index (χ2v) is 8.00. The van der Waals surface area contributed by atoms with Crippen LogP contribution in [0.25, 0.3) is 0 Å². The summed E-state index contributed by atoms with van der Waals surface area (Å²) in [7, 11) is 0. The number of guanidine groups is 1. The predicted octanol–water partition coefficient (Wildman–Crippen LogP) is -3.72. The maximum Gasteiger partial charge on any atom is 0.326 e. The Bertz CT molecular complexity index is 938. The number of rotatable bonds is 16. The number of carbonyl (C=O) groups excluding carboxylic acids is 3. The summed E-state index contributed by atoms with van der Waals surface area (Å²) >= 11 is 4.07. The number of nitrogens with two attached hydrogens (primary N) is 3. The average Bonchev–Trinajstić information content (AvgIpc) is 3.31. The highest BCUT2D eigenvalue weighted by Gasteiger charge is 2.31. The van der Waals surface area contributed by atoms with Crippen molar-refractivity contribution in [2.75, 3.05) is 12.3 Å². The van der Waals surface area contributed by atoms with E-state index < -0.39 is 60.2 Å². The SMILES string of the molecule is NC(N)=NCCCC(N)C(=O)NC(CS)C(=O)NC(Cc1cnc[nH]1)C(=O)NC(CC(=O)O)C(=O)O. The molecule has 4 atom stereocenters. The van der Waals surface area contributed by atoms with Crippen LogP contribution in [0.4, 0.5) is 0 Å². The molecule has 0 fully saturated rings. The van der Waals surface area contributed by atoms with Crippen LogP contribution in [0.1, 0.15) is 25.0 Å². The monoisotopic (exact) mass is 529 g/mol. The van der Waals surface area contributed by atoms with Gasteiger partial charge in [-0.05, 0) is 12.8 Å². The Morgan fingerprint density at radius 1 is 1.03 bits per heavy atom. The summed E-state index contributed by atoms with van der Waals surface area (Å²) in [6.45, 7) is 0.267. The normalized spacial score (nSPS) is 13.9. The molecule has 0 radical (unpaired) electrons. The van der Waals surface area contributed by atoms with E-state index in [1.54, 1.807) is 0 Å². The van der Waals surface area contributed by atoms with Gasteiger partial charge < -0.3 is 48.3 Å². The molecule has 0 saturated carbocycles. The lowest BCUT2D eigenvalue weighted by Gasteiger charge is -2.24. The fraction of sp³-hybridized carbons (Fsp3) is 0.526. The third kappa shape index (κ3) is 11.0. The van der Waals surface area contributed by atoms with Crippen molar-refractivity contribution in [1.29, 1.82) is 0 Å².